The molecule has 2 amide bonds. The van der Waals surface area contributed by atoms with Crippen LogP contribution in [0.5, 0.6) is 0 Å². The van der Waals surface area contributed by atoms with Crippen molar-refractivity contribution in [3.63, 3.8) is 0 Å². The summed E-state index contributed by atoms with van der Waals surface area (Å²) in [5.74, 6) is -0.624. The molecule has 7 heteroatoms. The number of hydrogen-bond acceptors (Lipinski definition) is 4. The fourth-order valence-corrected chi connectivity index (χ4v) is 6.62. The third-order valence-corrected chi connectivity index (χ3v) is 8.94. The first-order valence-electron chi connectivity index (χ1n) is 12.6. The minimum absolute atomic E-state index is 0.00264. The highest BCUT2D eigenvalue weighted by Gasteiger charge is 2.53. The highest BCUT2D eigenvalue weighted by Crippen LogP contribution is 2.55. The number of rotatable bonds is 6. The SMILES string of the molecule is C[C@H]1[C@@H]2[C@@H](O)C([C@H](C)C(=O)NCc3ccccc3Cl)CC[C@@]2(C)CC[C@@H]1NC(=O)c1ccccn1. The number of aromatic nitrogens is 1. The zero-order valence-electron chi connectivity index (χ0n) is 20.7. The Morgan fingerprint density at radius 3 is 2.60 bits per heavy atom. The van der Waals surface area contributed by atoms with Crippen LogP contribution in [0.4, 0.5) is 0 Å². The van der Waals surface area contributed by atoms with Gasteiger partial charge in [0.1, 0.15) is 5.69 Å². The quantitative estimate of drug-likeness (QED) is 0.543. The average molecular weight is 498 g/mol. The second-order valence-corrected chi connectivity index (χ2v) is 11.1. The number of amides is 2. The van der Waals surface area contributed by atoms with Crippen molar-refractivity contribution in [2.45, 2.75) is 65.1 Å². The maximum Gasteiger partial charge on any atom is 0.270 e. The standard InChI is InChI=1S/C28H36ClN3O3/c1-17(26(34)31-16-19-8-4-5-9-21(19)29)20-11-13-28(3)14-12-22(18(2)24(28)25(20)33)32-27(35)23-10-6-7-15-30-23/h4-10,15,17-18,20,22,24-25,33H,11-14,16H2,1-3H3,(H,31,34)(H,32,35)/t17-,18+,20?,22-,24+,25-,28-/m0/s1. The second-order valence-electron chi connectivity index (χ2n) is 10.7. The van der Waals surface area contributed by atoms with Crippen molar-refractivity contribution < 1.29 is 14.7 Å². The smallest absolute Gasteiger partial charge is 0.270 e. The Kier molecular flexibility index (Phi) is 7.82. The van der Waals surface area contributed by atoms with Crippen LogP contribution in [0.3, 0.4) is 0 Å². The van der Waals surface area contributed by atoms with Gasteiger partial charge in [0.25, 0.3) is 5.91 Å². The molecule has 2 aliphatic rings. The summed E-state index contributed by atoms with van der Waals surface area (Å²) in [6.07, 6.45) is 4.59. The van der Waals surface area contributed by atoms with Gasteiger partial charge in [-0.2, -0.15) is 0 Å². The summed E-state index contributed by atoms with van der Waals surface area (Å²) in [5.41, 5.74) is 1.27. The molecule has 188 valence electrons. The molecule has 1 unspecified atom stereocenters. The maximum atomic E-state index is 13.0. The van der Waals surface area contributed by atoms with Crippen molar-refractivity contribution in [2.75, 3.05) is 0 Å². The minimum Gasteiger partial charge on any atom is -0.392 e. The van der Waals surface area contributed by atoms with Crippen LogP contribution in [0, 0.1) is 29.1 Å². The van der Waals surface area contributed by atoms with Gasteiger partial charge in [0.05, 0.1) is 6.10 Å². The monoisotopic (exact) mass is 497 g/mol. The van der Waals surface area contributed by atoms with Gasteiger partial charge in [-0.15, -0.1) is 0 Å². The molecular weight excluding hydrogens is 462 g/mol. The van der Waals surface area contributed by atoms with Gasteiger partial charge in [0.2, 0.25) is 5.91 Å². The van der Waals surface area contributed by atoms with E-state index in [9.17, 15) is 14.7 Å². The number of carbonyl (C=O) groups is 2. The van der Waals surface area contributed by atoms with Crippen molar-refractivity contribution >= 4 is 23.4 Å². The van der Waals surface area contributed by atoms with Gasteiger partial charge in [-0.05, 0) is 72.6 Å². The molecule has 1 heterocycles. The van der Waals surface area contributed by atoms with Crippen LogP contribution in [0.25, 0.3) is 0 Å². The average Bonchev–Trinajstić information content (AvgIpc) is 2.85. The van der Waals surface area contributed by atoms with E-state index in [0.29, 0.717) is 17.3 Å². The molecule has 7 atom stereocenters. The van der Waals surface area contributed by atoms with E-state index >= 15 is 0 Å². The van der Waals surface area contributed by atoms with Crippen LogP contribution in [0.15, 0.2) is 48.7 Å². The molecule has 2 aromatic rings. The minimum atomic E-state index is -0.612. The molecule has 35 heavy (non-hydrogen) atoms. The molecule has 3 N–H and O–H groups in total. The molecule has 2 fully saturated rings. The van der Waals surface area contributed by atoms with Gasteiger partial charge in [-0.3, -0.25) is 14.6 Å². The molecule has 2 aliphatic carbocycles. The summed E-state index contributed by atoms with van der Waals surface area (Å²) in [6, 6.07) is 12.7. The van der Waals surface area contributed by atoms with E-state index in [1.54, 1.807) is 24.4 Å². The molecule has 2 saturated carbocycles. The lowest BCUT2D eigenvalue weighted by Crippen LogP contribution is -2.58. The lowest BCUT2D eigenvalue weighted by atomic mass is 9.51. The molecule has 1 aromatic heterocycles. The van der Waals surface area contributed by atoms with Gasteiger partial charge in [-0.25, -0.2) is 0 Å². The van der Waals surface area contributed by atoms with Crippen molar-refractivity contribution in [1.82, 2.24) is 15.6 Å². The fourth-order valence-electron chi connectivity index (χ4n) is 6.42. The number of aliphatic hydroxyl groups excluding tert-OH is 1. The number of nitrogens with zero attached hydrogens (tertiary/aromatic N) is 1. The fraction of sp³-hybridized carbons (Fsp3) is 0.536. The predicted molar refractivity (Wildman–Crippen MR) is 137 cm³/mol. The van der Waals surface area contributed by atoms with E-state index in [2.05, 4.69) is 29.5 Å². The summed E-state index contributed by atoms with van der Waals surface area (Å²) >= 11 is 6.23. The first-order valence-corrected chi connectivity index (χ1v) is 13.0. The number of fused-ring (bicyclic) bond motifs is 1. The van der Waals surface area contributed by atoms with Crippen molar-refractivity contribution in [2.24, 2.45) is 29.1 Å². The van der Waals surface area contributed by atoms with E-state index in [-0.39, 0.29) is 46.9 Å². The molecule has 0 spiro atoms. The van der Waals surface area contributed by atoms with E-state index in [1.165, 1.54) is 0 Å². The summed E-state index contributed by atoms with van der Waals surface area (Å²) in [6.45, 7) is 6.66. The molecule has 6 nitrogen and oxygen atoms in total. The third-order valence-electron chi connectivity index (χ3n) is 8.57. The van der Waals surface area contributed by atoms with Crippen LogP contribution in [0.2, 0.25) is 5.02 Å². The number of nitrogens with one attached hydrogen (secondary N) is 2. The Morgan fingerprint density at radius 1 is 1.17 bits per heavy atom. The van der Waals surface area contributed by atoms with Gasteiger partial charge in [0, 0.05) is 29.7 Å². The van der Waals surface area contributed by atoms with Crippen molar-refractivity contribution in [1.29, 1.82) is 0 Å². The van der Waals surface area contributed by atoms with Gasteiger partial charge < -0.3 is 15.7 Å². The van der Waals surface area contributed by atoms with Crippen LogP contribution < -0.4 is 10.6 Å². The lowest BCUT2D eigenvalue weighted by Gasteiger charge is -2.56. The number of halogens is 1. The molecule has 1 aromatic carbocycles. The van der Waals surface area contributed by atoms with E-state index < -0.39 is 6.10 Å². The molecule has 4 rings (SSSR count). The first kappa shape index (κ1) is 25.6. The van der Waals surface area contributed by atoms with E-state index in [1.807, 2.05) is 31.2 Å². The number of benzene rings is 1. The summed E-state index contributed by atoms with van der Waals surface area (Å²) in [7, 11) is 0. The summed E-state index contributed by atoms with van der Waals surface area (Å²) < 4.78 is 0. The Balaban J connectivity index is 1.43. The number of aliphatic hydroxyl groups is 1. The Hall–Kier alpha value is -2.44. The van der Waals surface area contributed by atoms with Crippen molar-refractivity contribution in [3.05, 3.63) is 64.9 Å². The number of hydrogen-bond donors (Lipinski definition) is 3. The zero-order chi connectivity index (χ0) is 25.2. The Labute approximate surface area is 212 Å². The number of carbonyl (C=O) groups excluding carboxylic acids is 2. The van der Waals surface area contributed by atoms with E-state index in [4.69, 9.17) is 11.6 Å². The van der Waals surface area contributed by atoms with Crippen LogP contribution in [-0.2, 0) is 11.3 Å². The van der Waals surface area contributed by atoms with E-state index in [0.717, 1.165) is 31.2 Å². The number of pyridine rings is 1. The molecule has 0 saturated heterocycles. The topological polar surface area (TPSA) is 91.3 Å². The zero-order valence-corrected chi connectivity index (χ0v) is 21.5. The van der Waals surface area contributed by atoms with Gasteiger partial charge in [0.15, 0.2) is 0 Å². The highest BCUT2D eigenvalue weighted by atomic mass is 35.5. The predicted octanol–water partition coefficient (Wildman–Crippen LogP) is 4.61. The van der Waals surface area contributed by atoms with Crippen LogP contribution in [0.1, 0.15) is 62.5 Å². The maximum absolute atomic E-state index is 13.0. The second kappa shape index (κ2) is 10.7. The highest BCUT2D eigenvalue weighted by molar-refractivity contribution is 6.31. The molecule has 0 bridgehead atoms. The molecular formula is C28H36ClN3O3. The molecule has 0 aliphatic heterocycles. The van der Waals surface area contributed by atoms with Crippen LogP contribution >= 0.6 is 11.6 Å². The molecule has 0 radical (unpaired) electrons. The van der Waals surface area contributed by atoms with Gasteiger partial charge in [-0.1, -0.05) is 56.6 Å². The van der Waals surface area contributed by atoms with Crippen LogP contribution in [-0.4, -0.2) is 34.1 Å². The first-order chi connectivity index (χ1) is 16.7. The normalized spacial score (nSPS) is 31.2. The third kappa shape index (κ3) is 5.39. The van der Waals surface area contributed by atoms with Crippen molar-refractivity contribution in [3.8, 4) is 0 Å². The lowest BCUT2D eigenvalue weighted by molar-refractivity contribution is -0.142. The summed E-state index contributed by atoms with van der Waals surface area (Å²) in [5, 5.41) is 18.4. The largest absolute Gasteiger partial charge is 0.392 e. The van der Waals surface area contributed by atoms with Gasteiger partial charge >= 0.3 is 0 Å². The summed E-state index contributed by atoms with van der Waals surface area (Å²) in [4.78, 5) is 30.0. The Morgan fingerprint density at radius 2 is 1.89 bits per heavy atom. The Bertz CT molecular complexity index is 1050.